The molecule has 22 heavy (non-hydrogen) atoms. The zero-order valence-corrected chi connectivity index (χ0v) is 13.3. The number of hydrogen-bond donors (Lipinski definition) is 1. The van der Waals surface area contributed by atoms with Crippen molar-refractivity contribution < 1.29 is 14.3 Å². The molecule has 0 aromatic heterocycles. The van der Waals surface area contributed by atoms with E-state index in [9.17, 15) is 9.59 Å². The molecule has 0 bridgehead atoms. The first kappa shape index (κ1) is 16.3. The third-order valence-corrected chi connectivity index (χ3v) is 3.78. The Labute approximate surface area is 131 Å². The summed E-state index contributed by atoms with van der Waals surface area (Å²) in [5, 5.41) is 2.85. The van der Waals surface area contributed by atoms with Crippen molar-refractivity contribution in [3.05, 3.63) is 29.8 Å². The molecular formula is C17H24N2O3. The molecule has 1 N–H and O–H groups in total. The molecule has 0 aliphatic carbocycles. The number of carbonyl (C=O) groups excluding carboxylic acids is 2. The lowest BCUT2D eigenvalue weighted by Gasteiger charge is -2.17. The lowest BCUT2D eigenvalue weighted by atomic mass is 10.2. The van der Waals surface area contributed by atoms with Gasteiger partial charge in [0.15, 0.2) is 6.10 Å². The number of rotatable bonds is 7. The molecule has 2 rings (SSSR count). The largest absolute Gasteiger partial charge is 0.481 e. The summed E-state index contributed by atoms with van der Waals surface area (Å²) in [4.78, 5) is 25.3. The van der Waals surface area contributed by atoms with Crippen molar-refractivity contribution >= 4 is 11.8 Å². The first-order valence-electron chi connectivity index (χ1n) is 7.85. The Morgan fingerprint density at radius 2 is 2.09 bits per heavy atom. The molecule has 1 atom stereocenters. The Hall–Kier alpha value is -2.04. The predicted molar refractivity (Wildman–Crippen MR) is 84.7 cm³/mol. The van der Waals surface area contributed by atoms with E-state index in [-0.39, 0.29) is 11.8 Å². The maximum atomic E-state index is 12.0. The fraction of sp³-hybridized carbons (Fsp3) is 0.529. The van der Waals surface area contributed by atoms with Gasteiger partial charge in [0.2, 0.25) is 5.91 Å². The number of amides is 2. The summed E-state index contributed by atoms with van der Waals surface area (Å²) in [5.74, 6) is 0.784. The molecule has 1 aliphatic rings. The van der Waals surface area contributed by atoms with E-state index in [2.05, 4.69) is 5.32 Å². The van der Waals surface area contributed by atoms with Gasteiger partial charge in [-0.1, -0.05) is 17.7 Å². The Bertz CT molecular complexity index is 513. The van der Waals surface area contributed by atoms with E-state index in [1.165, 1.54) is 0 Å². The Morgan fingerprint density at radius 1 is 1.36 bits per heavy atom. The molecule has 1 fully saturated rings. The Kier molecular flexibility index (Phi) is 5.81. The van der Waals surface area contributed by atoms with Crippen molar-refractivity contribution in [3.8, 4) is 5.75 Å². The van der Waals surface area contributed by atoms with Crippen LogP contribution in [0.15, 0.2) is 24.3 Å². The van der Waals surface area contributed by atoms with Crippen molar-refractivity contribution in [3.63, 3.8) is 0 Å². The third kappa shape index (κ3) is 4.76. The average Bonchev–Trinajstić information content (AvgIpc) is 2.91. The van der Waals surface area contributed by atoms with E-state index in [1.54, 1.807) is 6.92 Å². The molecule has 0 saturated carbocycles. The second-order valence-electron chi connectivity index (χ2n) is 5.70. The molecule has 1 heterocycles. The fourth-order valence-electron chi connectivity index (χ4n) is 2.44. The summed E-state index contributed by atoms with van der Waals surface area (Å²) in [5.41, 5.74) is 1.15. The molecular weight excluding hydrogens is 280 g/mol. The molecule has 0 spiro atoms. The summed E-state index contributed by atoms with van der Waals surface area (Å²) in [7, 11) is 0. The van der Waals surface area contributed by atoms with Gasteiger partial charge in [0.05, 0.1) is 0 Å². The van der Waals surface area contributed by atoms with Crippen LogP contribution >= 0.6 is 0 Å². The summed E-state index contributed by atoms with van der Waals surface area (Å²) < 4.78 is 5.60. The number of nitrogens with one attached hydrogen (secondary N) is 1. The van der Waals surface area contributed by atoms with E-state index < -0.39 is 6.10 Å². The topological polar surface area (TPSA) is 58.6 Å². The fourth-order valence-corrected chi connectivity index (χ4v) is 2.44. The number of ether oxygens (including phenoxy) is 1. The molecule has 0 radical (unpaired) electrons. The van der Waals surface area contributed by atoms with E-state index in [0.717, 1.165) is 24.9 Å². The molecule has 2 amide bonds. The van der Waals surface area contributed by atoms with Crippen LogP contribution < -0.4 is 10.1 Å². The van der Waals surface area contributed by atoms with Crippen LogP contribution in [0.3, 0.4) is 0 Å². The number of aryl methyl sites for hydroxylation is 1. The van der Waals surface area contributed by atoms with Crippen molar-refractivity contribution in [2.24, 2.45) is 0 Å². The second-order valence-corrected chi connectivity index (χ2v) is 5.70. The SMILES string of the molecule is Cc1ccc(OC(C)C(=O)NCCCN2CCCC2=O)cc1. The molecule has 120 valence electrons. The van der Waals surface area contributed by atoms with Gasteiger partial charge < -0.3 is 15.0 Å². The molecule has 1 saturated heterocycles. The maximum Gasteiger partial charge on any atom is 0.260 e. The smallest absolute Gasteiger partial charge is 0.260 e. The normalized spacial score (nSPS) is 15.7. The number of benzene rings is 1. The van der Waals surface area contributed by atoms with E-state index in [0.29, 0.717) is 25.3 Å². The van der Waals surface area contributed by atoms with E-state index in [4.69, 9.17) is 4.74 Å². The van der Waals surface area contributed by atoms with Gasteiger partial charge in [0.1, 0.15) is 5.75 Å². The minimum atomic E-state index is -0.531. The summed E-state index contributed by atoms with van der Waals surface area (Å²) in [6, 6.07) is 7.62. The molecule has 1 aromatic rings. The number of nitrogens with zero attached hydrogens (tertiary/aromatic N) is 1. The number of carbonyl (C=O) groups is 2. The molecule has 5 nitrogen and oxygen atoms in total. The quantitative estimate of drug-likeness (QED) is 0.783. The molecule has 1 unspecified atom stereocenters. The lowest BCUT2D eigenvalue weighted by Crippen LogP contribution is -2.38. The highest BCUT2D eigenvalue weighted by Crippen LogP contribution is 2.13. The summed E-state index contributed by atoms with van der Waals surface area (Å²) in [6.45, 7) is 5.86. The third-order valence-electron chi connectivity index (χ3n) is 3.78. The van der Waals surface area contributed by atoms with Crippen molar-refractivity contribution in [1.29, 1.82) is 0 Å². The van der Waals surface area contributed by atoms with Crippen LogP contribution in [0, 0.1) is 6.92 Å². The van der Waals surface area contributed by atoms with Gasteiger partial charge in [-0.05, 0) is 38.8 Å². The number of hydrogen-bond acceptors (Lipinski definition) is 3. The van der Waals surface area contributed by atoms with E-state index in [1.807, 2.05) is 36.1 Å². The van der Waals surface area contributed by atoms with Gasteiger partial charge in [0.25, 0.3) is 5.91 Å². The van der Waals surface area contributed by atoms with Crippen molar-refractivity contribution in [1.82, 2.24) is 10.2 Å². The van der Waals surface area contributed by atoms with Crippen LogP contribution in [0.5, 0.6) is 5.75 Å². The van der Waals surface area contributed by atoms with Gasteiger partial charge >= 0.3 is 0 Å². The van der Waals surface area contributed by atoms with Crippen LogP contribution in [0.25, 0.3) is 0 Å². The zero-order valence-electron chi connectivity index (χ0n) is 13.3. The minimum Gasteiger partial charge on any atom is -0.481 e. The molecule has 1 aromatic carbocycles. The predicted octanol–water partition coefficient (Wildman–Crippen LogP) is 1.89. The Balaban J connectivity index is 1.65. The number of likely N-dealkylation sites (tertiary alicyclic amines) is 1. The first-order valence-corrected chi connectivity index (χ1v) is 7.85. The van der Waals surface area contributed by atoms with Crippen molar-refractivity contribution in [2.75, 3.05) is 19.6 Å². The van der Waals surface area contributed by atoms with Crippen LogP contribution in [0.2, 0.25) is 0 Å². The van der Waals surface area contributed by atoms with Crippen LogP contribution in [0.1, 0.15) is 31.7 Å². The van der Waals surface area contributed by atoms with Crippen LogP contribution in [-0.4, -0.2) is 42.5 Å². The highest BCUT2D eigenvalue weighted by atomic mass is 16.5. The highest BCUT2D eigenvalue weighted by Gasteiger charge is 2.19. The average molecular weight is 304 g/mol. The Morgan fingerprint density at radius 3 is 2.73 bits per heavy atom. The first-order chi connectivity index (χ1) is 10.6. The van der Waals surface area contributed by atoms with Gasteiger partial charge in [-0.2, -0.15) is 0 Å². The molecule has 1 aliphatic heterocycles. The second kappa shape index (κ2) is 7.82. The van der Waals surface area contributed by atoms with Gasteiger partial charge in [-0.3, -0.25) is 9.59 Å². The van der Waals surface area contributed by atoms with Gasteiger partial charge in [-0.25, -0.2) is 0 Å². The van der Waals surface area contributed by atoms with Crippen molar-refractivity contribution in [2.45, 2.75) is 39.2 Å². The van der Waals surface area contributed by atoms with Gasteiger partial charge in [-0.15, -0.1) is 0 Å². The lowest BCUT2D eigenvalue weighted by molar-refractivity contribution is -0.127. The minimum absolute atomic E-state index is 0.131. The monoisotopic (exact) mass is 304 g/mol. The zero-order chi connectivity index (χ0) is 15.9. The summed E-state index contributed by atoms with van der Waals surface area (Å²) in [6.07, 6.45) is 1.85. The van der Waals surface area contributed by atoms with Gasteiger partial charge in [0, 0.05) is 26.1 Å². The maximum absolute atomic E-state index is 12.0. The van der Waals surface area contributed by atoms with Crippen LogP contribution in [-0.2, 0) is 9.59 Å². The van der Waals surface area contributed by atoms with E-state index >= 15 is 0 Å². The molecule has 5 heteroatoms. The highest BCUT2D eigenvalue weighted by molar-refractivity contribution is 5.80. The van der Waals surface area contributed by atoms with Crippen LogP contribution in [0.4, 0.5) is 0 Å². The summed E-state index contributed by atoms with van der Waals surface area (Å²) >= 11 is 0. The standard InChI is InChI=1S/C17H24N2O3/c1-13-6-8-15(9-7-13)22-14(2)17(21)18-10-4-12-19-11-3-5-16(19)20/h6-9,14H,3-5,10-12H2,1-2H3,(H,18,21).